The predicted octanol–water partition coefficient (Wildman–Crippen LogP) is 3.42. The van der Waals surface area contributed by atoms with Crippen LogP contribution >= 0.6 is 15.9 Å². The topological polar surface area (TPSA) is 3.24 Å². The molecule has 0 aliphatic heterocycles. The van der Waals surface area contributed by atoms with Crippen LogP contribution in [0.2, 0.25) is 0 Å². The molecule has 1 aromatic rings. The van der Waals surface area contributed by atoms with Gasteiger partial charge in [-0.05, 0) is 24.2 Å². The van der Waals surface area contributed by atoms with E-state index in [0.717, 1.165) is 25.0 Å². The molecule has 0 unspecified atom stereocenters. The number of hydrogen-bond acceptors (Lipinski definition) is 1. The monoisotopic (exact) mass is 255 g/mol. The van der Waals surface area contributed by atoms with Gasteiger partial charge in [0.15, 0.2) is 0 Å². The second-order valence-electron chi connectivity index (χ2n) is 3.41. The number of hydrogen-bond donors (Lipinski definition) is 0. The number of benzene rings is 1. The van der Waals surface area contributed by atoms with Gasteiger partial charge in [0.05, 0.1) is 0 Å². The Morgan fingerprint density at radius 3 is 1.93 bits per heavy atom. The molecular formula is C12H18BrN. The summed E-state index contributed by atoms with van der Waals surface area (Å²) in [5.41, 5.74) is 2.74. The fourth-order valence-electron chi connectivity index (χ4n) is 1.44. The van der Waals surface area contributed by atoms with Crippen LogP contribution in [-0.2, 0) is 11.9 Å². The third kappa shape index (κ3) is 3.43. The quantitative estimate of drug-likeness (QED) is 0.729. The third-order valence-electron chi connectivity index (χ3n) is 2.48. The van der Waals surface area contributed by atoms with Gasteiger partial charge in [0, 0.05) is 11.9 Å². The Bertz CT molecular complexity index is 252. The van der Waals surface area contributed by atoms with Crippen LogP contribution in [0, 0.1) is 0 Å². The normalized spacial score (nSPS) is 10.9. The molecule has 0 saturated heterocycles. The maximum atomic E-state index is 3.45. The lowest BCUT2D eigenvalue weighted by Crippen LogP contribution is -2.21. The fraction of sp³-hybridized carbons (Fsp3) is 0.500. The predicted molar refractivity (Wildman–Crippen MR) is 65.7 cm³/mol. The molecule has 0 heterocycles. The minimum Gasteiger partial charge on any atom is -0.300 e. The number of halogens is 1. The molecule has 0 saturated carbocycles. The zero-order valence-corrected chi connectivity index (χ0v) is 10.5. The first kappa shape index (κ1) is 11.7. The summed E-state index contributed by atoms with van der Waals surface area (Å²) in [6.45, 7) is 7.72. The molecule has 0 fully saturated rings. The summed E-state index contributed by atoms with van der Waals surface area (Å²) in [7, 11) is 0. The highest BCUT2D eigenvalue weighted by Gasteiger charge is 2.00. The summed E-state index contributed by atoms with van der Waals surface area (Å²) in [4.78, 5) is 2.42. The Kier molecular flexibility index (Phi) is 5.20. The van der Waals surface area contributed by atoms with Crippen molar-refractivity contribution in [3.05, 3.63) is 35.4 Å². The average Bonchev–Trinajstić information content (AvgIpc) is 2.26. The highest BCUT2D eigenvalue weighted by atomic mass is 79.9. The van der Waals surface area contributed by atoms with Gasteiger partial charge in [-0.25, -0.2) is 0 Å². The van der Waals surface area contributed by atoms with E-state index >= 15 is 0 Å². The van der Waals surface area contributed by atoms with Crippen LogP contribution in [0.1, 0.15) is 25.0 Å². The second kappa shape index (κ2) is 6.20. The van der Waals surface area contributed by atoms with Gasteiger partial charge >= 0.3 is 0 Å². The standard InChI is InChI=1S/C12H18BrN/c1-3-14(4-2)10-12-7-5-11(9-13)6-8-12/h5-8H,3-4,9-10H2,1-2H3. The Labute approximate surface area is 95.2 Å². The van der Waals surface area contributed by atoms with Gasteiger partial charge in [-0.1, -0.05) is 54.0 Å². The number of rotatable bonds is 5. The highest BCUT2D eigenvalue weighted by Crippen LogP contribution is 2.09. The molecular weight excluding hydrogens is 238 g/mol. The highest BCUT2D eigenvalue weighted by molar-refractivity contribution is 9.08. The first-order chi connectivity index (χ1) is 6.80. The summed E-state index contributed by atoms with van der Waals surface area (Å²) < 4.78 is 0. The van der Waals surface area contributed by atoms with Crippen LogP contribution in [0.4, 0.5) is 0 Å². The van der Waals surface area contributed by atoms with Crippen LogP contribution in [0.15, 0.2) is 24.3 Å². The van der Waals surface area contributed by atoms with Gasteiger partial charge in [-0.15, -0.1) is 0 Å². The number of alkyl halides is 1. The van der Waals surface area contributed by atoms with Crippen molar-refractivity contribution in [3.8, 4) is 0 Å². The van der Waals surface area contributed by atoms with Gasteiger partial charge in [0.1, 0.15) is 0 Å². The molecule has 0 aliphatic carbocycles. The van der Waals surface area contributed by atoms with Crippen LogP contribution in [0.5, 0.6) is 0 Å². The smallest absolute Gasteiger partial charge is 0.0283 e. The summed E-state index contributed by atoms with van der Waals surface area (Å²) in [5, 5.41) is 0.943. The Hall–Kier alpha value is -0.340. The largest absolute Gasteiger partial charge is 0.300 e. The van der Waals surface area contributed by atoms with E-state index in [1.54, 1.807) is 0 Å². The van der Waals surface area contributed by atoms with Crippen molar-refractivity contribution < 1.29 is 0 Å². The van der Waals surface area contributed by atoms with E-state index in [1.165, 1.54) is 11.1 Å². The number of nitrogens with zero attached hydrogens (tertiary/aromatic N) is 1. The molecule has 0 spiro atoms. The van der Waals surface area contributed by atoms with Gasteiger partial charge in [0.25, 0.3) is 0 Å². The molecule has 0 bridgehead atoms. The summed E-state index contributed by atoms with van der Waals surface area (Å²) in [5.74, 6) is 0. The maximum absolute atomic E-state index is 3.45. The van der Waals surface area contributed by atoms with E-state index in [4.69, 9.17) is 0 Å². The lowest BCUT2D eigenvalue weighted by atomic mass is 10.1. The van der Waals surface area contributed by atoms with Crippen LogP contribution < -0.4 is 0 Å². The molecule has 14 heavy (non-hydrogen) atoms. The van der Waals surface area contributed by atoms with Crippen LogP contribution in [0.3, 0.4) is 0 Å². The SMILES string of the molecule is CCN(CC)Cc1ccc(CBr)cc1. The lowest BCUT2D eigenvalue weighted by molar-refractivity contribution is 0.296. The third-order valence-corrected chi connectivity index (χ3v) is 3.13. The van der Waals surface area contributed by atoms with Crippen LogP contribution in [-0.4, -0.2) is 18.0 Å². The average molecular weight is 256 g/mol. The van der Waals surface area contributed by atoms with Crippen molar-refractivity contribution in [2.24, 2.45) is 0 Å². The first-order valence-corrected chi connectivity index (χ1v) is 6.28. The molecule has 0 N–H and O–H groups in total. The Morgan fingerprint density at radius 2 is 1.50 bits per heavy atom. The molecule has 1 aromatic carbocycles. The van der Waals surface area contributed by atoms with E-state index in [-0.39, 0.29) is 0 Å². The Morgan fingerprint density at radius 1 is 1.00 bits per heavy atom. The molecule has 0 amide bonds. The summed E-state index contributed by atoms with van der Waals surface area (Å²) >= 11 is 3.45. The maximum Gasteiger partial charge on any atom is 0.0283 e. The zero-order valence-electron chi connectivity index (χ0n) is 8.96. The Balaban J connectivity index is 2.58. The fourth-order valence-corrected chi connectivity index (χ4v) is 1.81. The lowest BCUT2D eigenvalue weighted by Gasteiger charge is -2.17. The summed E-state index contributed by atoms with van der Waals surface area (Å²) in [6, 6.07) is 8.81. The molecule has 0 aromatic heterocycles. The van der Waals surface area contributed by atoms with E-state index in [9.17, 15) is 0 Å². The molecule has 78 valence electrons. The first-order valence-electron chi connectivity index (χ1n) is 5.16. The molecule has 0 radical (unpaired) electrons. The van der Waals surface area contributed by atoms with Gasteiger partial charge in [0.2, 0.25) is 0 Å². The van der Waals surface area contributed by atoms with E-state index in [1.807, 2.05) is 0 Å². The van der Waals surface area contributed by atoms with Crippen molar-refractivity contribution in [2.75, 3.05) is 13.1 Å². The summed E-state index contributed by atoms with van der Waals surface area (Å²) in [6.07, 6.45) is 0. The van der Waals surface area contributed by atoms with Crippen molar-refractivity contribution in [1.82, 2.24) is 4.90 Å². The van der Waals surface area contributed by atoms with Gasteiger partial charge < -0.3 is 0 Å². The molecule has 0 aliphatic rings. The van der Waals surface area contributed by atoms with Crippen molar-refractivity contribution in [2.45, 2.75) is 25.7 Å². The van der Waals surface area contributed by atoms with E-state index < -0.39 is 0 Å². The second-order valence-corrected chi connectivity index (χ2v) is 3.97. The minimum atomic E-state index is 0.943. The van der Waals surface area contributed by atoms with Gasteiger partial charge in [-0.2, -0.15) is 0 Å². The molecule has 0 atom stereocenters. The van der Waals surface area contributed by atoms with Crippen molar-refractivity contribution >= 4 is 15.9 Å². The van der Waals surface area contributed by atoms with Crippen LogP contribution in [0.25, 0.3) is 0 Å². The van der Waals surface area contributed by atoms with Crippen molar-refractivity contribution in [1.29, 1.82) is 0 Å². The van der Waals surface area contributed by atoms with Crippen molar-refractivity contribution in [3.63, 3.8) is 0 Å². The van der Waals surface area contributed by atoms with E-state index in [2.05, 4.69) is 58.9 Å². The van der Waals surface area contributed by atoms with Gasteiger partial charge in [-0.3, -0.25) is 4.90 Å². The molecule has 1 nitrogen and oxygen atoms in total. The molecule has 2 heteroatoms. The van der Waals surface area contributed by atoms with E-state index in [0.29, 0.717) is 0 Å². The molecule has 1 rings (SSSR count). The zero-order chi connectivity index (χ0) is 10.4. The minimum absolute atomic E-state index is 0.943.